The van der Waals surface area contributed by atoms with Crippen LogP contribution in [0, 0.1) is 11.3 Å². The lowest BCUT2D eigenvalue weighted by Crippen LogP contribution is -2.40. The number of aliphatic hydroxyl groups excluding tert-OH is 2. The topological polar surface area (TPSA) is 93.1 Å². The van der Waals surface area contributed by atoms with Crippen molar-refractivity contribution >= 4 is 11.9 Å². The quantitative estimate of drug-likeness (QED) is 0.0358. The molecule has 1 aliphatic rings. The molecule has 69 heavy (non-hydrogen) atoms. The largest absolute Gasteiger partial charge is 0.465 e. The second-order valence-corrected chi connectivity index (χ2v) is 22.5. The van der Waals surface area contributed by atoms with Crippen LogP contribution in [0.4, 0.5) is 0 Å². The van der Waals surface area contributed by atoms with Crippen LogP contribution >= 0.6 is 0 Å². The van der Waals surface area contributed by atoms with E-state index in [0.717, 1.165) is 12.8 Å². The van der Waals surface area contributed by atoms with Crippen molar-refractivity contribution in [3.05, 3.63) is 12.2 Å². The van der Waals surface area contributed by atoms with Gasteiger partial charge in [0.1, 0.15) is 13.2 Å². The zero-order valence-electron chi connectivity index (χ0n) is 46.4. The number of aliphatic hydroxyl groups is 2. The summed E-state index contributed by atoms with van der Waals surface area (Å²) in [5, 5.41) is 19.2. The third-order valence-corrected chi connectivity index (χ3v) is 15.5. The van der Waals surface area contributed by atoms with E-state index < -0.39 is 36.5 Å². The van der Waals surface area contributed by atoms with Gasteiger partial charge in [-0.3, -0.25) is 9.59 Å². The predicted octanol–water partition coefficient (Wildman–Crippen LogP) is 19.5. The molecule has 1 atom stereocenters. The summed E-state index contributed by atoms with van der Waals surface area (Å²) < 4.78 is 10.5. The molecule has 2 N–H and O–H groups in total. The summed E-state index contributed by atoms with van der Waals surface area (Å²) in [6.07, 6.45) is 76.1. The molecule has 0 aromatic carbocycles. The van der Waals surface area contributed by atoms with E-state index in [9.17, 15) is 19.8 Å². The minimum Gasteiger partial charge on any atom is -0.465 e. The molecule has 0 aliphatic carbocycles. The molecule has 0 bridgehead atoms. The number of ether oxygens (including phenoxy) is 2. The first-order valence-electron chi connectivity index (χ1n) is 31.3. The van der Waals surface area contributed by atoms with Crippen LogP contribution in [0.1, 0.15) is 341 Å². The van der Waals surface area contributed by atoms with Crippen molar-refractivity contribution in [3.63, 3.8) is 0 Å². The zero-order chi connectivity index (χ0) is 49.7. The average molecular weight is 974 g/mol. The number of cyclic esters (lactones) is 2. The zero-order valence-corrected chi connectivity index (χ0v) is 46.4. The molecular formula is C63H120O6. The van der Waals surface area contributed by atoms with Gasteiger partial charge in [0.25, 0.3) is 0 Å². The number of unbranched alkanes of at least 4 members (excludes halogenated alkanes) is 49. The van der Waals surface area contributed by atoms with Crippen LogP contribution < -0.4 is 0 Å². The third-order valence-electron chi connectivity index (χ3n) is 15.5. The Morgan fingerprint density at radius 3 is 0.884 bits per heavy atom. The summed E-state index contributed by atoms with van der Waals surface area (Å²) in [6.45, 7) is 1.15. The Hall–Kier alpha value is -1.40. The van der Waals surface area contributed by atoms with Crippen LogP contribution in [-0.2, 0) is 19.1 Å². The number of hydrogen-bond acceptors (Lipinski definition) is 6. The van der Waals surface area contributed by atoms with Crippen molar-refractivity contribution in [3.8, 4) is 0 Å². The minimum atomic E-state index is -1.14. The Labute approximate surface area is 430 Å². The summed E-state index contributed by atoms with van der Waals surface area (Å²) in [6, 6.07) is 0. The third kappa shape index (κ3) is 45.0. The normalized spacial score (nSPS) is 15.4. The van der Waals surface area contributed by atoms with E-state index in [1.54, 1.807) is 0 Å². The fraction of sp³-hybridized carbons (Fsp3) is 0.937. The summed E-state index contributed by atoms with van der Waals surface area (Å²) in [4.78, 5) is 24.7. The number of hydrogen-bond donors (Lipinski definition) is 2. The fourth-order valence-corrected chi connectivity index (χ4v) is 10.4. The molecule has 6 nitrogen and oxygen atoms in total. The standard InChI is InChI=1S/C63H120O6/c1-2-3-4-5-6-7-8-9-10-11-12-13-14-15-16-17-18-19-20-21-22-23-24-25-26-27-28-29-30-31-32-33-34-35-36-37-38-39-40-41-42-43-44-45-46-47-48-49-50-51-52-53-54-60-55-61(66)68-58-63(56-64,57-65)59-69-62(60)67/h52-53,60,64-65H,2-51,54-59H2,1H3/b53-52+. The average Bonchev–Trinajstić information content (AvgIpc) is 3.41. The SMILES string of the molecule is CCCCCCCCCCCCCCCCCCCCCCCCCCCCCCCCCCCCCCCCCCCCCCCCCCC/C=C/CC1CC(=O)OCC(CO)(CO)COC1=O. The molecule has 0 saturated carbocycles. The van der Waals surface area contributed by atoms with Crippen molar-refractivity contribution in [2.45, 2.75) is 341 Å². The molecule has 1 unspecified atom stereocenters. The van der Waals surface area contributed by atoms with Gasteiger partial charge in [0.2, 0.25) is 0 Å². The maximum Gasteiger partial charge on any atom is 0.309 e. The Balaban J connectivity index is 1.68. The van der Waals surface area contributed by atoms with E-state index in [0.29, 0.717) is 6.42 Å². The molecule has 0 aromatic rings. The number of esters is 2. The molecule has 0 spiro atoms. The van der Waals surface area contributed by atoms with Gasteiger partial charge < -0.3 is 19.7 Å². The lowest BCUT2D eigenvalue weighted by Gasteiger charge is -2.27. The maximum atomic E-state index is 12.5. The van der Waals surface area contributed by atoms with Crippen LogP contribution in [0.5, 0.6) is 0 Å². The summed E-state index contributed by atoms with van der Waals surface area (Å²) in [5.74, 6) is -1.57. The number of allylic oxidation sites excluding steroid dienone is 2. The second kappa shape index (κ2) is 52.9. The Morgan fingerprint density at radius 1 is 0.377 bits per heavy atom. The van der Waals surface area contributed by atoms with Crippen molar-refractivity contribution in [1.82, 2.24) is 0 Å². The van der Waals surface area contributed by atoms with Crippen LogP contribution in [0.3, 0.4) is 0 Å². The number of carbonyl (C=O) groups is 2. The Kier molecular flexibility index (Phi) is 50.3. The van der Waals surface area contributed by atoms with Crippen molar-refractivity contribution in [2.24, 2.45) is 11.3 Å². The molecule has 0 radical (unpaired) electrons. The van der Waals surface area contributed by atoms with Crippen LogP contribution in [-0.4, -0.2) is 48.6 Å². The predicted molar refractivity (Wildman–Crippen MR) is 297 cm³/mol. The second-order valence-electron chi connectivity index (χ2n) is 22.5. The first-order valence-corrected chi connectivity index (χ1v) is 31.3. The van der Waals surface area contributed by atoms with Gasteiger partial charge in [-0.2, -0.15) is 0 Å². The Bertz CT molecular complexity index is 1090. The van der Waals surface area contributed by atoms with Gasteiger partial charge in [0, 0.05) is 0 Å². The highest BCUT2D eigenvalue weighted by molar-refractivity contribution is 5.80. The van der Waals surface area contributed by atoms with Crippen LogP contribution in [0.25, 0.3) is 0 Å². The van der Waals surface area contributed by atoms with E-state index in [4.69, 9.17) is 9.47 Å². The molecule has 1 fully saturated rings. The van der Waals surface area contributed by atoms with Crippen molar-refractivity contribution in [2.75, 3.05) is 26.4 Å². The van der Waals surface area contributed by atoms with E-state index >= 15 is 0 Å². The minimum absolute atomic E-state index is 0.0457. The fourth-order valence-electron chi connectivity index (χ4n) is 10.4. The van der Waals surface area contributed by atoms with E-state index in [2.05, 4.69) is 13.0 Å². The van der Waals surface area contributed by atoms with Gasteiger partial charge in [0.15, 0.2) is 0 Å². The van der Waals surface area contributed by atoms with Gasteiger partial charge in [-0.15, -0.1) is 0 Å². The maximum absolute atomic E-state index is 12.5. The summed E-state index contributed by atoms with van der Waals surface area (Å²) in [7, 11) is 0. The molecular weight excluding hydrogens is 853 g/mol. The van der Waals surface area contributed by atoms with E-state index in [1.165, 1.54) is 308 Å². The molecule has 6 heteroatoms. The van der Waals surface area contributed by atoms with Crippen molar-refractivity contribution < 1.29 is 29.3 Å². The lowest BCUT2D eigenvalue weighted by molar-refractivity contribution is -0.154. The number of rotatable bonds is 54. The lowest BCUT2D eigenvalue weighted by atomic mass is 9.92. The summed E-state index contributed by atoms with van der Waals surface area (Å²) in [5.41, 5.74) is -1.14. The monoisotopic (exact) mass is 973 g/mol. The van der Waals surface area contributed by atoms with Gasteiger partial charge >= 0.3 is 11.9 Å². The van der Waals surface area contributed by atoms with E-state index in [-0.39, 0.29) is 19.6 Å². The highest BCUT2D eigenvalue weighted by Gasteiger charge is 2.36. The van der Waals surface area contributed by atoms with Gasteiger partial charge in [0.05, 0.1) is 31.0 Å². The van der Waals surface area contributed by atoms with E-state index in [1.807, 2.05) is 6.08 Å². The molecule has 0 amide bonds. The molecule has 1 aliphatic heterocycles. The highest BCUT2D eigenvalue weighted by atomic mass is 16.6. The van der Waals surface area contributed by atoms with Crippen LogP contribution in [0.2, 0.25) is 0 Å². The van der Waals surface area contributed by atoms with Gasteiger partial charge in [-0.05, 0) is 19.3 Å². The van der Waals surface area contributed by atoms with Gasteiger partial charge in [-0.25, -0.2) is 0 Å². The molecule has 408 valence electrons. The van der Waals surface area contributed by atoms with Crippen molar-refractivity contribution in [1.29, 1.82) is 0 Å². The van der Waals surface area contributed by atoms with Gasteiger partial charge in [-0.1, -0.05) is 327 Å². The smallest absolute Gasteiger partial charge is 0.309 e. The summed E-state index contributed by atoms with van der Waals surface area (Å²) >= 11 is 0. The highest BCUT2D eigenvalue weighted by Crippen LogP contribution is 2.24. The molecule has 0 aromatic heterocycles. The first-order chi connectivity index (χ1) is 34.1. The molecule has 1 heterocycles. The molecule has 1 rings (SSSR count). The first kappa shape index (κ1) is 65.6. The molecule has 1 saturated heterocycles. The number of carbonyl (C=O) groups excluding carboxylic acids is 2. The Morgan fingerprint density at radius 2 is 0.623 bits per heavy atom. The van der Waals surface area contributed by atoms with Crippen LogP contribution in [0.15, 0.2) is 12.2 Å².